The molecule has 190 valence electrons. The number of benzene rings is 2. The van der Waals surface area contributed by atoms with Crippen molar-refractivity contribution in [1.82, 2.24) is 14.1 Å². The molecule has 1 fully saturated rings. The Morgan fingerprint density at radius 2 is 1.81 bits per heavy atom. The number of aromatic nitrogens is 2. The number of anilines is 2. The Kier molecular flexibility index (Phi) is 6.35. The second-order valence-electron chi connectivity index (χ2n) is 8.84. The molecule has 0 aliphatic carbocycles. The Labute approximate surface area is 210 Å². The molecule has 0 saturated carbocycles. The topological polar surface area (TPSA) is 106 Å². The Hall–Kier alpha value is -3.57. The Bertz CT molecular complexity index is 1410. The molecular formula is C25H29N5O5S. The third kappa shape index (κ3) is 4.40. The fourth-order valence-corrected chi connectivity index (χ4v) is 5.97. The standard InChI is InChI=1S/C25H29N5O5S/c1-4-29-15-20(24(31)26-19-8-9-22-23(14-19)35-16-34-22)25(27-29)36(32,33)30-12-10-28(11-13-30)21-7-5-6-17(2)18(21)3/h5-9,14-15H,4,10-13,16H2,1-3H3,(H,26,31). The molecule has 1 saturated heterocycles. The largest absolute Gasteiger partial charge is 0.454 e. The molecule has 36 heavy (non-hydrogen) atoms. The van der Waals surface area contributed by atoms with Gasteiger partial charge in [-0.2, -0.15) is 9.40 Å². The third-order valence-electron chi connectivity index (χ3n) is 6.67. The first-order chi connectivity index (χ1) is 17.3. The van der Waals surface area contributed by atoms with E-state index in [-0.39, 0.29) is 17.4 Å². The highest BCUT2D eigenvalue weighted by molar-refractivity contribution is 7.89. The molecule has 5 rings (SSSR count). The summed E-state index contributed by atoms with van der Waals surface area (Å²) < 4.78 is 40.8. The van der Waals surface area contributed by atoms with Gasteiger partial charge in [0, 0.05) is 56.4 Å². The van der Waals surface area contributed by atoms with E-state index in [2.05, 4.69) is 41.3 Å². The molecule has 1 aromatic heterocycles. The van der Waals surface area contributed by atoms with Gasteiger partial charge in [0.05, 0.1) is 5.56 Å². The summed E-state index contributed by atoms with van der Waals surface area (Å²) in [4.78, 5) is 15.4. The summed E-state index contributed by atoms with van der Waals surface area (Å²) >= 11 is 0. The van der Waals surface area contributed by atoms with Crippen LogP contribution >= 0.6 is 0 Å². The number of nitrogens with zero attached hydrogens (tertiary/aromatic N) is 4. The van der Waals surface area contributed by atoms with Crippen LogP contribution in [0.15, 0.2) is 47.6 Å². The van der Waals surface area contributed by atoms with E-state index in [1.54, 1.807) is 18.2 Å². The number of aryl methyl sites for hydroxylation is 2. The van der Waals surface area contributed by atoms with Gasteiger partial charge in [-0.15, -0.1) is 0 Å². The molecule has 2 aliphatic rings. The molecule has 10 nitrogen and oxygen atoms in total. The first kappa shape index (κ1) is 24.1. The number of carbonyl (C=O) groups excluding carboxylic acids is 1. The minimum absolute atomic E-state index is 0.00600. The zero-order valence-electron chi connectivity index (χ0n) is 20.5. The molecule has 1 N–H and O–H groups in total. The van der Waals surface area contributed by atoms with E-state index in [1.165, 1.54) is 26.3 Å². The number of nitrogens with one attached hydrogen (secondary N) is 1. The lowest BCUT2D eigenvalue weighted by Crippen LogP contribution is -2.49. The predicted molar refractivity (Wildman–Crippen MR) is 135 cm³/mol. The van der Waals surface area contributed by atoms with E-state index in [0.29, 0.717) is 49.9 Å². The lowest BCUT2D eigenvalue weighted by Gasteiger charge is -2.36. The number of rotatable bonds is 6. The highest BCUT2D eigenvalue weighted by Crippen LogP contribution is 2.34. The summed E-state index contributed by atoms with van der Waals surface area (Å²) in [6.45, 7) is 8.25. The summed E-state index contributed by atoms with van der Waals surface area (Å²) in [7, 11) is -3.98. The normalized spacial score (nSPS) is 15.8. The lowest BCUT2D eigenvalue weighted by atomic mass is 10.1. The van der Waals surface area contributed by atoms with Gasteiger partial charge in [-0.05, 0) is 50.1 Å². The van der Waals surface area contributed by atoms with E-state index in [0.717, 1.165) is 5.69 Å². The maximum absolute atomic E-state index is 13.6. The molecule has 3 aromatic rings. The molecule has 0 spiro atoms. The van der Waals surface area contributed by atoms with Crippen molar-refractivity contribution in [2.45, 2.75) is 32.3 Å². The molecule has 2 aromatic carbocycles. The lowest BCUT2D eigenvalue weighted by molar-refractivity contribution is 0.102. The van der Waals surface area contributed by atoms with E-state index >= 15 is 0 Å². The molecule has 0 radical (unpaired) electrons. The SMILES string of the molecule is CCn1cc(C(=O)Nc2ccc3c(c2)OCO3)c(S(=O)(=O)N2CCN(c3cccc(C)c3C)CC2)n1. The summed E-state index contributed by atoms with van der Waals surface area (Å²) in [6.07, 6.45) is 1.47. The van der Waals surface area contributed by atoms with Crippen molar-refractivity contribution in [3.8, 4) is 11.5 Å². The van der Waals surface area contributed by atoms with Crippen molar-refractivity contribution in [2.75, 3.05) is 43.2 Å². The van der Waals surface area contributed by atoms with Crippen LogP contribution in [0.1, 0.15) is 28.4 Å². The minimum atomic E-state index is -3.98. The quantitative estimate of drug-likeness (QED) is 0.542. The number of hydrogen-bond donors (Lipinski definition) is 1. The number of fused-ring (bicyclic) bond motifs is 1. The molecule has 11 heteroatoms. The average molecular weight is 512 g/mol. The molecule has 0 atom stereocenters. The van der Waals surface area contributed by atoms with Crippen molar-refractivity contribution < 1.29 is 22.7 Å². The van der Waals surface area contributed by atoms with Crippen LogP contribution in [0.4, 0.5) is 11.4 Å². The third-order valence-corrected chi connectivity index (χ3v) is 8.50. The maximum Gasteiger partial charge on any atom is 0.263 e. The average Bonchev–Trinajstić information content (AvgIpc) is 3.53. The van der Waals surface area contributed by atoms with Crippen molar-refractivity contribution in [3.63, 3.8) is 0 Å². The molecule has 0 unspecified atom stereocenters. The van der Waals surface area contributed by atoms with Crippen molar-refractivity contribution in [2.24, 2.45) is 0 Å². The van der Waals surface area contributed by atoms with E-state index in [9.17, 15) is 13.2 Å². The van der Waals surface area contributed by atoms with Crippen molar-refractivity contribution in [3.05, 3.63) is 59.3 Å². The molecule has 2 aliphatic heterocycles. The van der Waals surface area contributed by atoms with Gasteiger partial charge in [0.25, 0.3) is 15.9 Å². The summed E-state index contributed by atoms with van der Waals surface area (Å²) in [5.41, 5.74) is 3.99. The number of carbonyl (C=O) groups is 1. The Balaban J connectivity index is 1.36. The van der Waals surface area contributed by atoms with Crippen LogP contribution in [0.2, 0.25) is 0 Å². The van der Waals surface area contributed by atoms with Gasteiger partial charge < -0.3 is 19.7 Å². The first-order valence-electron chi connectivity index (χ1n) is 11.9. The zero-order chi connectivity index (χ0) is 25.4. The second-order valence-corrected chi connectivity index (χ2v) is 10.7. The van der Waals surface area contributed by atoms with Gasteiger partial charge in [0.2, 0.25) is 11.8 Å². The highest BCUT2D eigenvalue weighted by atomic mass is 32.2. The van der Waals surface area contributed by atoms with Crippen molar-refractivity contribution >= 4 is 27.3 Å². The van der Waals surface area contributed by atoms with Crippen LogP contribution in [0, 0.1) is 13.8 Å². The van der Waals surface area contributed by atoms with E-state index < -0.39 is 15.9 Å². The number of amides is 1. The molecule has 3 heterocycles. The Morgan fingerprint density at radius 1 is 1.06 bits per heavy atom. The fourth-order valence-electron chi connectivity index (χ4n) is 4.45. The first-order valence-corrected chi connectivity index (χ1v) is 13.3. The van der Waals surface area contributed by atoms with Crippen LogP contribution in [-0.4, -0.2) is 61.4 Å². The van der Waals surface area contributed by atoms with Crippen LogP contribution in [0.5, 0.6) is 11.5 Å². The summed E-state index contributed by atoms with van der Waals surface area (Å²) in [5, 5.41) is 6.80. The van der Waals surface area contributed by atoms with Crippen molar-refractivity contribution in [1.29, 1.82) is 0 Å². The van der Waals surface area contributed by atoms with Crippen LogP contribution in [0.25, 0.3) is 0 Å². The Morgan fingerprint density at radius 3 is 2.56 bits per heavy atom. The van der Waals surface area contributed by atoms with E-state index in [1.807, 2.05) is 13.0 Å². The monoisotopic (exact) mass is 511 g/mol. The zero-order valence-corrected chi connectivity index (χ0v) is 21.3. The van der Waals surface area contributed by atoms with Gasteiger partial charge in [0.1, 0.15) is 0 Å². The summed E-state index contributed by atoms with van der Waals surface area (Å²) in [6, 6.07) is 11.2. The van der Waals surface area contributed by atoms with Gasteiger partial charge in [-0.25, -0.2) is 8.42 Å². The predicted octanol–water partition coefficient (Wildman–Crippen LogP) is 3.01. The molecule has 0 bridgehead atoms. The van der Waals surface area contributed by atoms with Gasteiger partial charge in [0.15, 0.2) is 11.5 Å². The number of ether oxygens (including phenoxy) is 2. The van der Waals surface area contributed by atoms with Crippen LogP contribution in [-0.2, 0) is 16.6 Å². The summed E-state index contributed by atoms with van der Waals surface area (Å²) in [5.74, 6) is 0.558. The minimum Gasteiger partial charge on any atom is -0.454 e. The van der Waals surface area contributed by atoms with Crippen LogP contribution in [0.3, 0.4) is 0 Å². The van der Waals surface area contributed by atoms with Gasteiger partial charge >= 0.3 is 0 Å². The number of sulfonamides is 1. The van der Waals surface area contributed by atoms with Gasteiger partial charge in [-0.1, -0.05) is 12.1 Å². The highest BCUT2D eigenvalue weighted by Gasteiger charge is 2.35. The number of piperazine rings is 1. The van der Waals surface area contributed by atoms with Gasteiger partial charge in [-0.3, -0.25) is 9.48 Å². The van der Waals surface area contributed by atoms with E-state index in [4.69, 9.17) is 9.47 Å². The maximum atomic E-state index is 13.6. The van der Waals surface area contributed by atoms with Crippen LogP contribution < -0.4 is 19.7 Å². The smallest absolute Gasteiger partial charge is 0.263 e. The molecule has 1 amide bonds. The fraction of sp³-hybridized carbons (Fsp3) is 0.360. The number of hydrogen-bond acceptors (Lipinski definition) is 7. The molecular weight excluding hydrogens is 482 g/mol. The second kappa shape index (κ2) is 9.47.